The molecule has 0 bridgehead atoms. The standard InChI is InChI=1S/C43H54FN5O3/c1-5-7-39-36(30(3)33-14-15-33)20-17-34(46-39)16-11-31-12-18-35(19-13-31)47-21-23-48(24-22-47)41-26-29(2)37(27-38(41)44)43(52)49(28-32-9-10-32)40(8-6-25-50)42(51)45-4/h17,20,25-28,31,35,40H,5-10,12-15,18-19,21-24H2,1-4H3,(H,45,51). The first-order valence-corrected chi connectivity index (χ1v) is 19.4. The number of allylic oxidation sites excluding steroid dienone is 3. The molecule has 1 unspecified atom stereocenters. The molecule has 1 saturated heterocycles. The number of carbonyl (C=O) groups excluding carboxylic acids is 3. The van der Waals surface area contributed by atoms with Crippen LogP contribution < -0.4 is 10.2 Å². The molecular weight excluding hydrogens is 654 g/mol. The van der Waals surface area contributed by atoms with Gasteiger partial charge < -0.3 is 19.9 Å². The van der Waals surface area contributed by atoms with Crippen LogP contribution in [0.4, 0.5) is 10.1 Å². The zero-order valence-electron chi connectivity index (χ0n) is 31.4. The zero-order chi connectivity index (χ0) is 36.8. The quantitative estimate of drug-likeness (QED) is 0.189. The smallest absolute Gasteiger partial charge is 0.258 e. The second kappa shape index (κ2) is 17.0. The fraction of sp³-hybridized carbons (Fsp3) is 0.535. The summed E-state index contributed by atoms with van der Waals surface area (Å²) >= 11 is 0. The van der Waals surface area contributed by atoms with Crippen LogP contribution in [0, 0.1) is 30.5 Å². The van der Waals surface area contributed by atoms with Crippen LogP contribution in [-0.2, 0) is 16.0 Å². The molecule has 3 saturated carbocycles. The third-order valence-corrected chi connectivity index (χ3v) is 11.2. The van der Waals surface area contributed by atoms with Crippen molar-refractivity contribution in [3.63, 3.8) is 0 Å². The number of aldehydes is 1. The molecule has 2 heterocycles. The summed E-state index contributed by atoms with van der Waals surface area (Å²) in [6.45, 7) is 9.40. The first-order chi connectivity index (χ1) is 25.2. The molecular formula is C43H54FN5O3. The van der Waals surface area contributed by atoms with Gasteiger partial charge in [0.05, 0.1) is 5.69 Å². The van der Waals surface area contributed by atoms with E-state index in [1.807, 2.05) is 6.92 Å². The number of nitrogens with one attached hydrogen (secondary N) is 1. The van der Waals surface area contributed by atoms with E-state index in [4.69, 9.17) is 4.98 Å². The number of halogens is 1. The van der Waals surface area contributed by atoms with Crippen molar-refractivity contribution in [1.82, 2.24) is 20.1 Å². The summed E-state index contributed by atoms with van der Waals surface area (Å²) < 4.78 is 15.8. The van der Waals surface area contributed by atoms with Gasteiger partial charge in [-0.25, -0.2) is 9.37 Å². The Labute approximate surface area is 308 Å². The van der Waals surface area contributed by atoms with Gasteiger partial charge in [-0.2, -0.15) is 0 Å². The molecule has 1 atom stereocenters. The van der Waals surface area contributed by atoms with Crippen LogP contribution in [0.2, 0.25) is 0 Å². The molecule has 9 heteroatoms. The maximum atomic E-state index is 15.8. The molecule has 4 aliphatic rings. The minimum absolute atomic E-state index is 0.143. The molecule has 0 spiro atoms. The van der Waals surface area contributed by atoms with Crippen molar-refractivity contribution < 1.29 is 18.8 Å². The average Bonchev–Trinajstić information content (AvgIpc) is 4.10. The molecule has 0 radical (unpaired) electrons. The Bertz CT molecular complexity index is 1780. The van der Waals surface area contributed by atoms with Gasteiger partial charge in [0, 0.05) is 69.1 Å². The van der Waals surface area contributed by atoms with Crippen molar-refractivity contribution >= 4 is 29.4 Å². The number of nitrogens with zero attached hydrogens (tertiary/aromatic N) is 4. The highest BCUT2D eigenvalue weighted by molar-refractivity contribution is 6.00. The summed E-state index contributed by atoms with van der Waals surface area (Å²) in [4.78, 5) is 48.8. The Hall–Kier alpha value is -4.29. The van der Waals surface area contributed by atoms with Crippen molar-refractivity contribution in [2.75, 3.05) is 38.1 Å². The monoisotopic (exact) mass is 707 g/mol. The molecule has 1 aliphatic heterocycles. The summed E-state index contributed by atoms with van der Waals surface area (Å²) in [7, 11) is 1.51. The minimum Gasteiger partial charge on any atom is -0.367 e. The normalized spacial score (nSPS) is 20.4. The number of benzene rings is 1. The van der Waals surface area contributed by atoms with E-state index in [-0.39, 0.29) is 24.3 Å². The summed E-state index contributed by atoms with van der Waals surface area (Å²) in [6.07, 6.45) is 13.4. The summed E-state index contributed by atoms with van der Waals surface area (Å²) in [5.74, 6) is 6.13. The number of anilines is 1. The zero-order valence-corrected chi connectivity index (χ0v) is 31.4. The number of rotatable bonds is 12. The van der Waals surface area contributed by atoms with Gasteiger partial charge in [0.25, 0.3) is 5.91 Å². The molecule has 276 valence electrons. The van der Waals surface area contributed by atoms with Crippen molar-refractivity contribution in [2.45, 2.75) is 110 Å². The molecule has 2 aromatic rings. The van der Waals surface area contributed by atoms with Gasteiger partial charge in [0.2, 0.25) is 5.91 Å². The van der Waals surface area contributed by atoms with E-state index in [1.165, 1.54) is 47.7 Å². The fourth-order valence-corrected chi connectivity index (χ4v) is 7.81. The lowest BCUT2D eigenvalue weighted by Gasteiger charge is -2.42. The van der Waals surface area contributed by atoms with Crippen LogP contribution in [0.1, 0.15) is 117 Å². The highest BCUT2D eigenvalue weighted by atomic mass is 19.1. The molecule has 4 fully saturated rings. The van der Waals surface area contributed by atoms with Crippen LogP contribution in [0.25, 0.3) is 5.57 Å². The molecule has 1 N–H and O–H groups in total. The van der Waals surface area contributed by atoms with Gasteiger partial charge in [-0.3, -0.25) is 14.5 Å². The highest BCUT2D eigenvalue weighted by Gasteiger charge is 2.33. The van der Waals surface area contributed by atoms with Crippen molar-refractivity contribution in [3.05, 3.63) is 75.5 Å². The van der Waals surface area contributed by atoms with E-state index in [9.17, 15) is 14.4 Å². The number of pyridine rings is 1. The number of aromatic nitrogens is 1. The number of amides is 2. The average molecular weight is 708 g/mol. The van der Waals surface area contributed by atoms with E-state index in [1.54, 1.807) is 17.8 Å². The summed E-state index contributed by atoms with van der Waals surface area (Å²) in [5.41, 5.74) is 8.79. The molecule has 1 aromatic heterocycles. The van der Waals surface area contributed by atoms with E-state index in [0.717, 1.165) is 82.0 Å². The number of hydrogen-bond acceptors (Lipinski definition) is 6. The van der Waals surface area contributed by atoms with E-state index < -0.39 is 17.8 Å². The third-order valence-electron chi connectivity index (χ3n) is 11.2. The lowest BCUT2D eigenvalue weighted by atomic mass is 9.85. The maximum absolute atomic E-state index is 15.8. The molecule has 2 amide bonds. The van der Waals surface area contributed by atoms with E-state index in [0.29, 0.717) is 36.3 Å². The summed E-state index contributed by atoms with van der Waals surface area (Å²) in [6, 6.07) is 7.08. The predicted molar refractivity (Wildman–Crippen MR) is 204 cm³/mol. The Morgan fingerprint density at radius 1 is 1.06 bits per heavy atom. The topological polar surface area (TPSA) is 85.9 Å². The number of carbonyl (C=O) groups is 3. The van der Waals surface area contributed by atoms with Crippen LogP contribution in [0.3, 0.4) is 0 Å². The highest BCUT2D eigenvalue weighted by Crippen LogP contribution is 2.37. The van der Waals surface area contributed by atoms with Gasteiger partial charge in [0.1, 0.15) is 23.8 Å². The molecule has 6 rings (SSSR count). The predicted octanol–water partition coefficient (Wildman–Crippen LogP) is 7.00. The first-order valence-electron chi connectivity index (χ1n) is 19.4. The summed E-state index contributed by atoms with van der Waals surface area (Å²) in [5, 5.41) is 2.61. The van der Waals surface area contributed by atoms with Crippen molar-refractivity contribution in [1.29, 1.82) is 0 Å². The lowest BCUT2D eigenvalue weighted by Crippen LogP contribution is -2.51. The van der Waals surface area contributed by atoms with Gasteiger partial charge in [-0.05, 0) is 119 Å². The number of likely N-dealkylation sites (N-methyl/N-ethyl adjacent to an activating group) is 1. The molecule has 8 nitrogen and oxygen atoms in total. The molecule has 1 aromatic carbocycles. The van der Waals surface area contributed by atoms with Crippen molar-refractivity contribution in [2.24, 2.45) is 5.92 Å². The Balaban J connectivity index is 1.04. The maximum Gasteiger partial charge on any atom is 0.258 e. The van der Waals surface area contributed by atoms with E-state index >= 15 is 4.39 Å². The fourth-order valence-electron chi connectivity index (χ4n) is 7.81. The molecule has 52 heavy (non-hydrogen) atoms. The van der Waals surface area contributed by atoms with Gasteiger partial charge in [-0.1, -0.05) is 36.5 Å². The first kappa shape index (κ1) is 37.5. The largest absolute Gasteiger partial charge is 0.367 e. The van der Waals surface area contributed by atoms with Gasteiger partial charge in [-0.15, -0.1) is 0 Å². The van der Waals surface area contributed by atoms with E-state index in [2.05, 4.69) is 52.9 Å². The van der Waals surface area contributed by atoms with Crippen LogP contribution in [0.5, 0.6) is 0 Å². The minimum atomic E-state index is -0.847. The van der Waals surface area contributed by atoms with Crippen LogP contribution in [-0.4, -0.2) is 78.2 Å². The van der Waals surface area contributed by atoms with Gasteiger partial charge >= 0.3 is 0 Å². The Kier molecular flexibility index (Phi) is 12.3. The number of hydrogen-bond donors (Lipinski definition) is 1. The SMILES string of the molecule is CCCc1nc(C#CC2CCC(N3CCN(c4cc(C)c(C(=O)N(C=C5CC5)C(CCC=O)C(=O)NC)cc4F)CC3)CC2)ccc1C(C)=C1CC1. The number of aryl methyl sites for hydroxylation is 2. The molecule has 3 aliphatic carbocycles. The second-order valence-corrected chi connectivity index (χ2v) is 15.0. The van der Waals surface area contributed by atoms with Crippen molar-refractivity contribution in [3.8, 4) is 11.8 Å². The number of piperazine rings is 1. The lowest BCUT2D eigenvalue weighted by molar-refractivity contribution is -0.124. The van der Waals surface area contributed by atoms with Gasteiger partial charge in [0.15, 0.2) is 0 Å². The van der Waals surface area contributed by atoms with Crippen LogP contribution in [0.15, 0.2) is 41.6 Å². The van der Waals surface area contributed by atoms with Crippen LogP contribution >= 0.6 is 0 Å². The Morgan fingerprint density at radius 3 is 2.42 bits per heavy atom. The third kappa shape index (κ3) is 9.01. The second-order valence-electron chi connectivity index (χ2n) is 15.0. The Morgan fingerprint density at radius 2 is 1.79 bits per heavy atom.